The van der Waals surface area contributed by atoms with Gasteiger partial charge in [0.15, 0.2) is 0 Å². The van der Waals surface area contributed by atoms with Crippen molar-refractivity contribution in [3.05, 3.63) is 47.2 Å². The molecule has 1 heterocycles. The predicted molar refractivity (Wildman–Crippen MR) is 82.4 cm³/mol. The van der Waals surface area contributed by atoms with Crippen LogP contribution < -0.4 is 10.1 Å². The average Bonchev–Trinajstić information content (AvgIpc) is 2.77. The Kier molecular flexibility index (Phi) is 5.36. The van der Waals surface area contributed by atoms with Gasteiger partial charge in [-0.25, -0.2) is 4.68 Å². The third-order valence-corrected chi connectivity index (χ3v) is 3.59. The van der Waals surface area contributed by atoms with Crippen LogP contribution in [-0.2, 0) is 20.0 Å². The highest BCUT2D eigenvalue weighted by Gasteiger charge is 2.15. The lowest BCUT2D eigenvalue weighted by Gasteiger charge is -2.16. The van der Waals surface area contributed by atoms with Gasteiger partial charge in [-0.05, 0) is 18.9 Å². The zero-order valence-corrected chi connectivity index (χ0v) is 12.8. The minimum atomic E-state index is 0.0108. The molecule has 0 aliphatic rings. The van der Waals surface area contributed by atoms with Crippen LogP contribution >= 0.6 is 0 Å². The van der Waals surface area contributed by atoms with Crippen LogP contribution in [0.3, 0.4) is 0 Å². The molecule has 1 aromatic carbocycles. The Hall–Kier alpha value is -1.85. The van der Waals surface area contributed by atoms with Crippen molar-refractivity contribution in [2.75, 3.05) is 13.7 Å². The first-order chi connectivity index (χ1) is 10.2. The molecular formula is C16H23N3O2. The Morgan fingerprint density at radius 3 is 2.67 bits per heavy atom. The summed E-state index contributed by atoms with van der Waals surface area (Å²) in [5.41, 5.74) is 3.18. The first-order valence-electron chi connectivity index (χ1n) is 7.10. The van der Waals surface area contributed by atoms with Gasteiger partial charge in [0.2, 0.25) is 5.88 Å². The van der Waals surface area contributed by atoms with Gasteiger partial charge in [0.1, 0.15) is 0 Å². The van der Waals surface area contributed by atoms with Gasteiger partial charge in [0.25, 0.3) is 0 Å². The van der Waals surface area contributed by atoms with Crippen LogP contribution in [0.25, 0.3) is 0 Å². The van der Waals surface area contributed by atoms with E-state index in [0.29, 0.717) is 6.54 Å². The Bertz CT molecular complexity index is 566. The molecule has 5 heteroatoms. The molecule has 0 aliphatic carbocycles. The molecule has 0 fully saturated rings. The summed E-state index contributed by atoms with van der Waals surface area (Å²) in [4.78, 5) is 0. The summed E-state index contributed by atoms with van der Waals surface area (Å²) < 4.78 is 7.11. The number of methoxy groups -OCH3 is 1. The second-order valence-corrected chi connectivity index (χ2v) is 5.15. The first-order valence-corrected chi connectivity index (χ1v) is 7.10. The van der Waals surface area contributed by atoms with E-state index in [1.165, 1.54) is 5.56 Å². The molecule has 0 unspecified atom stereocenters. The topological polar surface area (TPSA) is 59.3 Å². The van der Waals surface area contributed by atoms with Crippen molar-refractivity contribution in [1.82, 2.24) is 15.1 Å². The fraction of sp³-hybridized carbons (Fsp3) is 0.438. The molecule has 0 radical (unpaired) electrons. The van der Waals surface area contributed by atoms with Crippen molar-refractivity contribution in [3.63, 3.8) is 0 Å². The van der Waals surface area contributed by atoms with E-state index in [1.807, 2.05) is 32.2 Å². The molecule has 1 atom stereocenters. The Labute approximate surface area is 125 Å². The molecule has 1 aromatic heterocycles. The number of benzene rings is 1. The molecule has 2 N–H and O–H groups in total. The number of rotatable bonds is 7. The van der Waals surface area contributed by atoms with Crippen LogP contribution in [0, 0.1) is 6.92 Å². The molecule has 2 aromatic rings. The molecule has 0 aliphatic heterocycles. The summed E-state index contributed by atoms with van der Waals surface area (Å²) >= 11 is 0. The minimum Gasteiger partial charge on any atom is -0.481 e. The second kappa shape index (κ2) is 7.24. The fourth-order valence-corrected chi connectivity index (χ4v) is 2.49. The van der Waals surface area contributed by atoms with E-state index in [2.05, 4.69) is 22.5 Å². The molecule has 21 heavy (non-hydrogen) atoms. The summed E-state index contributed by atoms with van der Waals surface area (Å²) in [6.07, 6.45) is 0.791. The number of aryl methyl sites for hydroxylation is 2. The van der Waals surface area contributed by atoms with Crippen molar-refractivity contribution in [2.45, 2.75) is 25.9 Å². The molecule has 0 bridgehead atoms. The van der Waals surface area contributed by atoms with Crippen molar-refractivity contribution in [3.8, 4) is 5.88 Å². The third kappa shape index (κ3) is 3.83. The number of aliphatic hydroxyl groups is 1. The van der Waals surface area contributed by atoms with E-state index >= 15 is 0 Å². The highest BCUT2D eigenvalue weighted by Crippen LogP contribution is 2.20. The minimum absolute atomic E-state index is 0.0108. The smallest absolute Gasteiger partial charge is 0.216 e. The van der Waals surface area contributed by atoms with Gasteiger partial charge in [-0.3, -0.25) is 0 Å². The van der Waals surface area contributed by atoms with Crippen molar-refractivity contribution >= 4 is 0 Å². The summed E-state index contributed by atoms with van der Waals surface area (Å²) in [5, 5.41) is 17.3. The zero-order valence-electron chi connectivity index (χ0n) is 12.8. The standard InChI is InChI=1S/C16H23N3O2/c1-12-15(16(21-3)19(2)18-12)10-17-14(11-20)9-13-7-5-4-6-8-13/h4-8,14,17,20H,9-11H2,1-3H3/t14-/m0/s1. The van der Waals surface area contributed by atoms with Crippen molar-refractivity contribution in [2.24, 2.45) is 7.05 Å². The van der Waals surface area contributed by atoms with E-state index in [4.69, 9.17) is 4.74 Å². The summed E-state index contributed by atoms with van der Waals surface area (Å²) in [6, 6.07) is 10.2. The lowest BCUT2D eigenvalue weighted by atomic mass is 10.1. The van der Waals surface area contributed by atoms with Crippen LogP contribution in [0.15, 0.2) is 30.3 Å². The molecule has 5 nitrogen and oxygen atoms in total. The van der Waals surface area contributed by atoms with Gasteiger partial charge >= 0.3 is 0 Å². The summed E-state index contributed by atoms with van der Waals surface area (Å²) in [7, 11) is 3.51. The molecule has 0 amide bonds. The van der Waals surface area contributed by atoms with E-state index in [1.54, 1.807) is 11.8 Å². The maximum absolute atomic E-state index is 9.55. The largest absolute Gasteiger partial charge is 0.481 e. The lowest BCUT2D eigenvalue weighted by molar-refractivity contribution is 0.240. The van der Waals surface area contributed by atoms with Gasteiger partial charge in [-0.2, -0.15) is 5.10 Å². The molecule has 0 saturated heterocycles. The summed E-state index contributed by atoms with van der Waals surface area (Å²) in [5.74, 6) is 0.761. The normalized spacial score (nSPS) is 12.4. The number of ether oxygens (including phenoxy) is 1. The molecular weight excluding hydrogens is 266 g/mol. The van der Waals surface area contributed by atoms with Gasteiger partial charge in [-0.15, -0.1) is 0 Å². The van der Waals surface area contributed by atoms with E-state index in [9.17, 15) is 5.11 Å². The van der Waals surface area contributed by atoms with Gasteiger partial charge in [0.05, 0.1) is 25.0 Å². The monoisotopic (exact) mass is 289 g/mol. The first kappa shape index (κ1) is 15.5. The average molecular weight is 289 g/mol. The number of nitrogens with zero attached hydrogens (tertiary/aromatic N) is 2. The van der Waals surface area contributed by atoms with Crippen LogP contribution in [0.4, 0.5) is 0 Å². The molecule has 2 rings (SSSR count). The van der Waals surface area contributed by atoms with Gasteiger partial charge in [-0.1, -0.05) is 30.3 Å². The quantitative estimate of drug-likeness (QED) is 0.809. The molecule has 0 saturated carbocycles. The van der Waals surface area contributed by atoms with Crippen LogP contribution in [-0.4, -0.2) is 34.6 Å². The SMILES string of the molecule is COc1c(CN[C@H](CO)Cc2ccccc2)c(C)nn1C. The van der Waals surface area contributed by atoms with Crippen LogP contribution in [0.2, 0.25) is 0 Å². The third-order valence-electron chi connectivity index (χ3n) is 3.59. The summed E-state index contributed by atoms with van der Waals surface area (Å²) in [6.45, 7) is 2.68. The number of hydrogen-bond donors (Lipinski definition) is 2. The van der Waals surface area contributed by atoms with E-state index < -0.39 is 0 Å². The predicted octanol–water partition coefficient (Wildman–Crippen LogP) is 1.43. The number of nitrogens with one attached hydrogen (secondary N) is 1. The Balaban J connectivity index is 2.00. The van der Waals surface area contributed by atoms with Crippen LogP contribution in [0.1, 0.15) is 16.8 Å². The van der Waals surface area contributed by atoms with Gasteiger partial charge < -0.3 is 15.2 Å². The fourth-order valence-electron chi connectivity index (χ4n) is 2.49. The van der Waals surface area contributed by atoms with E-state index in [-0.39, 0.29) is 12.6 Å². The Morgan fingerprint density at radius 2 is 2.05 bits per heavy atom. The van der Waals surface area contributed by atoms with E-state index in [0.717, 1.165) is 23.6 Å². The Morgan fingerprint density at radius 1 is 1.33 bits per heavy atom. The number of aromatic nitrogens is 2. The van der Waals surface area contributed by atoms with Crippen molar-refractivity contribution in [1.29, 1.82) is 0 Å². The maximum Gasteiger partial charge on any atom is 0.216 e. The molecule has 0 spiro atoms. The highest BCUT2D eigenvalue weighted by molar-refractivity contribution is 5.30. The number of hydrogen-bond acceptors (Lipinski definition) is 4. The number of aliphatic hydroxyl groups excluding tert-OH is 1. The van der Waals surface area contributed by atoms with Gasteiger partial charge in [0, 0.05) is 19.6 Å². The zero-order chi connectivity index (χ0) is 15.2. The highest BCUT2D eigenvalue weighted by atomic mass is 16.5. The second-order valence-electron chi connectivity index (χ2n) is 5.15. The maximum atomic E-state index is 9.55. The van der Waals surface area contributed by atoms with Crippen molar-refractivity contribution < 1.29 is 9.84 Å². The molecule has 114 valence electrons. The van der Waals surface area contributed by atoms with Crippen LogP contribution in [0.5, 0.6) is 5.88 Å². The lowest BCUT2D eigenvalue weighted by Crippen LogP contribution is -2.34.